The van der Waals surface area contributed by atoms with Crippen molar-refractivity contribution in [3.05, 3.63) is 0 Å². The topological polar surface area (TPSA) is 37.3 Å². The van der Waals surface area contributed by atoms with Crippen molar-refractivity contribution in [3.63, 3.8) is 0 Å². The fourth-order valence-corrected chi connectivity index (χ4v) is 0.526. The quantitative estimate of drug-likeness (QED) is 0.443. The first-order chi connectivity index (χ1) is 3.77. The monoisotopic (exact) mass is 130 g/mol. The van der Waals surface area contributed by atoms with Gasteiger partial charge in [-0.1, -0.05) is 19.8 Å². The number of carboxylic acids is 1. The van der Waals surface area contributed by atoms with Gasteiger partial charge in [0.25, 0.3) is 0 Å². The molecule has 0 spiro atoms. The molecule has 3 heteroatoms. The number of rotatable bonds is 4. The van der Waals surface area contributed by atoms with Gasteiger partial charge in [-0.05, 0) is 6.42 Å². The average Bonchev–Trinajstić information content (AvgIpc) is 1.66. The highest BCUT2D eigenvalue weighted by Gasteiger charge is 1.92. The van der Waals surface area contributed by atoms with E-state index in [9.17, 15) is 4.79 Å². The Hall–Kier alpha value is -0.465. The van der Waals surface area contributed by atoms with E-state index in [1.54, 1.807) is 0 Å². The van der Waals surface area contributed by atoms with Crippen molar-refractivity contribution < 1.29 is 9.90 Å². The molecular formula is C6H15BO2. The zero-order valence-electron chi connectivity index (χ0n) is 5.18. The van der Waals surface area contributed by atoms with Crippen LogP contribution in [-0.2, 0) is 4.79 Å². The third-order valence-corrected chi connectivity index (χ3v) is 0.994. The van der Waals surface area contributed by atoms with Crippen LogP contribution in [0.15, 0.2) is 0 Å². The Morgan fingerprint density at radius 1 is 1.44 bits per heavy atom. The molecule has 0 aliphatic rings. The second kappa shape index (κ2) is 7.53. The number of hydrogen-bond acceptors (Lipinski definition) is 1. The van der Waals surface area contributed by atoms with Gasteiger partial charge in [-0.2, -0.15) is 0 Å². The number of carboxylic acid groups (broad SMARTS) is 1. The van der Waals surface area contributed by atoms with Crippen LogP contribution in [0.2, 0.25) is 0 Å². The summed E-state index contributed by atoms with van der Waals surface area (Å²) in [4.78, 5) is 9.87. The van der Waals surface area contributed by atoms with E-state index in [1.165, 1.54) is 0 Å². The zero-order chi connectivity index (χ0) is 6.41. The summed E-state index contributed by atoms with van der Waals surface area (Å²) >= 11 is 0. The molecule has 0 unspecified atom stereocenters. The molecule has 0 saturated heterocycles. The molecule has 0 radical (unpaired) electrons. The lowest BCUT2D eigenvalue weighted by Crippen LogP contribution is -1.92. The molecule has 0 bridgehead atoms. The van der Waals surface area contributed by atoms with Gasteiger partial charge in [-0.3, -0.25) is 4.79 Å². The lowest BCUT2D eigenvalue weighted by atomic mass is 10.2. The van der Waals surface area contributed by atoms with Crippen LogP contribution < -0.4 is 0 Å². The van der Waals surface area contributed by atoms with Gasteiger partial charge < -0.3 is 5.11 Å². The molecule has 0 saturated carbocycles. The number of aliphatic carboxylic acids is 1. The minimum atomic E-state index is -0.682. The van der Waals surface area contributed by atoms with Crippen LogP contribution in [0, 0.1) is 0 Å². The van der Waals surface area contributed by atoms with Gasteiger partial charge in [0.05, 0.1) is 8.41 Å². The van der Waals surface area contributed by atoms with E-state index in [0.29, 0.717) is 6.42 Å². The molecule has 0 aromatic heterocycles. The van der Waals surface area contributed by atoms with Gasteiger partial charge in [-0.25, -0.2) is 0 Å². The van der Waals surface area contributed by atoms with Gasteiger partial charge in [0.2, 0.25) is 0 Å². The molecule has 0 heterocycles. The van der Waals surface area contributed by atoms with Crippen molar-refractivity contribution in [2.75, 3.05) is 0 Å². The predicted octanol–water partition coefficient (Wildman–Crippen LogP) is 0.467. The maximum atomic E-state index is 9.87. The summed E-state index contributed by atoms with van der Waals surface area (Å²) in [5.74, 6) is -0.682. The molecule has 0 rings (SSSR count). The van der Waals surface area contributed by atoms with E-state index in [4.69, 9.17) is 5.11 Å². The van der Waals surface area contributed by atoms with Crippen molar-refractivity contribution in [3.8, 4) is 0 Å². The molecule has 0 atom stereocenters. The average molecular weight is 130 g/mol. The molecule has 0 fully saturated rings. The third kappa shape index (κ3) is 11.2. The van der Waals surface area contributed by atoms with Crippen LogP contribution in [0.5, 0.6) is 0 Å². The van der Waals surface area contributed by atoms with E-state index in [1.807, 2.05) is 0 Å². The Bertz CT molecular complexity index is 73.5. The predicted molar refractivity (Wildman–Crippen MR) is 41.7 cm³/mol. The normalized spacial score (nSPS) is 8.11. The first kappa shape index (κ1) is 11.3. The summed E-state index contributed by atoms with van der Waals surface area (Å²) in [6.07, 6.45) is 3.28. The van der Waals surface area contributed by atoms with Gasteiger partial charge in [0, 0.05) is 6.42 Å². The SMILES string of the molecule is B.CCCCCC(=O)O. The molecule has 9 heavy (non-hydrogen) atoms. The van der Waals surface area contributed by atoms with Crippen molar-refractivity contribution in [1.82, 2.24) is 0 Å². The second-order valence-corrected chi connectivity index (χ2v) is 1.85. The van der Waals surface area contributed by atoms with E-state index in [-0.39, 0.29) is 8.41 Å². The van der Waals surface area contributed by atoms with Crippen molar-refractivity contribution >= 4 is 14.4 Å². The maximum Gasteiger partial charge on any atom is 0.303 e. The van der Waals surface area contributed by atoms with Crippen molar-refractivity contribution in [2.45, 2.75) is 32.6 Å². The lowest BCUT2D eigenvalue weighted by Gasteiger charge is -1.89. The molecule has 0 aliphatic carbocycles. The summed E-state index contributed by atoms with van der Waals surface area (Å²) < 4.78 is 0. The van der Waals surface area contributed by atoms with Gasteiger partial charge >= 0.3 is 5.97 Å². The highest BCUT2D eigenvalue weighted by atomic mass is 16.4. The lowest BCUT2D eigenvalue weighted by molar-refractivity contribution is -0.137. The summed E-state index contributed by atoms with van der Waals surface area (Å²) in [6, 6.07) is 0. The third-order valence-electron chi connectivity index (χ3n) is 0.994. The van der Waals surface area contributed by atoms with Crippen LogP contribution in [-0.4, -0.2) is 19.5 Å². The zero-order valence-corrected chi connectivity index (χ0v) is 5.18. The number of carbonyl (C=O) groups is 1. The molecule has 2 nitrogen and oxygen atoms in total. The summed E-state index contributed by atoms with van der Waals surface area (Å²) in [7, 11) is 0. The summed E-state index contributed by atoms with van der Waals surface area (Å²) in [5.41, 5.74) is 0. The Labute approximate surface area is 57.8 Å². The minimum absolute atomic E-state index is 0. The Morgan fingerprint density at radius 3 is 2.33 bits per heavy atom. The standard InChI is InChI=1S/C6H12O2.BH3/c1-2-3-4-5-6(7)8;/h2-5H2,1H3,(H,7,8);1H3. The van der Waals surface area contributed by atoms with Gasteiger partial charge in [0.15, 0.2) is 0 Å². The summed E-state index contributed by atoms with van der Waals surface area (Å²) in [5, 5.41) is 8.14. The molecule has 1 N–H and O–H groups in total. The Morgan fingerprint density at radius 2 is 2.00 bits per heavy atom. The largest absolute Gasteiger partial charge is 0.481 e. The molecule has 0 aromatic carbocycles. The Balaban J connectivity index is 0. The Kier molecular flexibility index (Phi) is 9.50. The van der Waals surface area contributed by atoms with Gasteiger partial charge in [-0.15, -0.1) is 0 Å². The first-order valence-corrected chi connectivity index (χ1v) is 2.99. The van der Waals surface area contributed by atoms with Crippen LogP contribution in [0.3, 0.4) is 0 Å². The highest BCUT2D eigenvalue weighted by Crippen LogP contribution is 1.97. The molecule has 0 aromatic rings. The van der Waals surface area contributed by atoms with Crippen LogP contribution in [0.4, 0.5) is 0 Å². The highest BCUT2D eigenvalue weighted by molar-refractivity contribution is 5.75. The molecule has 0 amide bonds. The molecular weight excluding hydrogens is 115 g/mol. The van der Waals surface area contributed by atoms with Crippen LogP contribution >= 0.6 is 0 Å². The second-order valence-electron chi connectivity index (χ2n) is 1.85. The van der Waals surface area contributed by atoms with E-state index >= 15 is 0 Å². The summed E-state index contributed by atoms with van der Waals surface area (Å²) in [6.45, 7) is 2.06. The molecule has 54 valence electrons. The van der Waals surface area contributed by atoms with Gasteiger partial charge in [0.1, 0.15) is 0 Å². The van der Waals surface area contributed by atoms with Crippen LogP contribution in [0.1, 0.15) is 32.6 Å². The first-order valence-electron chi connectivity index (χ1n) is 2.99. The number of unbranched alkanes of at least 4 members (excludes halogenated alkanes) is 2. The fourth-order valence-electron chi connectivity index (χ4n) is 0.526. The maximum absolute atomic E-state index is 9.87. The smallest absolute Gasteiger partial charge is 0.303 e. The van der Waals surface area contributed by atoms with E-state index in [2.05, 4.69) is 6.92 Å². The van der Waals surface area contributed by atoms with Crippen molar-refractivity contribution in [2.24, 2.45) is 0 Å². The van der Waals surface area contributed by atoms with E-state index in [0.717, 1.165) is 19.3 Å². The van der Waals surface area contributed by atoms with Crippen molar-refractivity contribution in [1.29, 1.82) is 0 Å². The van der Waals surface area contributed by atoms with E-state index < -0.39 is 5.97 Å². The molecule has 0 aliphatic heterocycles. The number of hydrogen-bond donors (Lipinski definition) is 1. The van der Waals surface area contributed by atoms with Crippen LogP contribution in [0.25, 0.3) is 0 Å². The fraction of sp³-hybridized carbons (Fsp3) is 0.833. The minimum Gasteiger partial charge on any atom is -0.481 e.